The molecule has 0 bridgehead atoms. The predicted molar refractivity (Wildman–Crippen MR) is 93.1 cm³/mol. The Kier molecular flexibility index (Phi) is 5.00. The van der Waals surface area contributed by atoms with E-state index in [4.69, 9.17) is 17.5 Å². The fourth-order valence-electron chi connectivity index (χ4n) is 3.25. The van der Waals surface area contributed by atoms with Gasteiger partial charge in [-0.3, -0.25) is 0 Å². The van der Waals surface area contributed by atoms with E-state index in [2.05, 4.69) is 33.8 Å². The molecule has 2 aliphatic rings. The van der Waals surface area contributed by atoms with Gasteiger partial charge in [-0.05, 0) is 66.0 Å². The molecule has 0 aliphatic carbocycles. The summed E-state index contributed by atoms with van der Waals surface area (Å²) in [6, 6.07) is 2.55. The number of fused-ring (bicyclic) bond motifs is 2. The molecule has 1 aromatic rings. The molecule has 0 spiro atoms. The van der Waals surface area contributed by atoms with Crippen molar-refractivity contribution in [3.8, 4) is 5.75 Å². The Morgan fingerprint density at radius 1 is 1.41 bits per heavy atom. The Bertz CT molecular complexity index is 555. The first kappa shape index (κ1) is 16.2. The Morgan fingerprint density at radius 2 is 2.18 bits per heavy atom. The largest absolute Gasteiger partial charge is 0.489 e. The lowest BCUT2D eigenvalue weighted by molar-refractivity contribution is 0.195. The van der Waals surface area contributed by atoms with E-state index in [0.717, 1.165) is 42.7 Å². The van der Waals surface area contributed by atoms with Crippen LogP contribution in [-0.4, -0.2) is 58.8 Å². The number of halogens is 1. The van der Waals surface area contributed by atoms with E-state index < -0.39 is 0 Å². The van der Waals surface area contributed by atoms with Crippen molar-refractivity contribution < 1.29 is 9.47 Å². The van der Waals surface area contributed by atoms with Crippen LogP contribution in [0.5, 0.6) is 5.75 Å². The van der Waals surface area contributed by atoms with Gasteiger partial charge in [-0.15, -0.1) is 0 Å². The molecule has 0 amide bonds. The molecule has 0 saturated carbocycles. The van der Waals surface area contributed by atoms with Crippen molar-refractivity contribution in [3.63, 3.8) is 0 Å². The summed E-state index contributed by atoms with van der Waals surface area (Å²) >= 11 is 3.85. The molecule has 1 atom stereocenters. The third-order valence-corrected chi connectivity index (χ3v) is 5.41. The average Bonchev–Trinajstić information content (AvgIpc) is 2.69. The highest BCUT2D eigenvalue weighted by molar-refractivity contribution is 9.10. The van der Waals surface area contributed by atoms with Crippen LogP contribution in [0.15, 0.2) is 10.5 Å². The fraction of sp³-hybridized carbons (Fsp3) is 0.625. The van der Waals surface area contributed by atoms with E-state index in [9.17, 15) is 0 Å². The Labute approximate surface area is 142 Å². The normalized spacial score (nSPS) is 21.8. The van der Waals surface area contributed by atoms with E-state index in [1.807, 2.05) is 4.81 Å². The van der Waals surface area contributed by atoms with E-state index in [1.165, 1.54) is 16.8 Å². The van der Waals surface area contributed by atoms with Gasteiger partial charge in [-0.25, -0.2) is 0 Å². The lowest BCUT2D eigenvalue weighted by Gasteiger charge is -2.38. The number of rotatable bonds is 3. The van der Waals surface area contributed by atoms with Crippen molar-refractivity contribution in [2.24, 2.45) is 0 Å². The first-order valence-corrected chi connectivity index (χ1v) is 8.63. The molecular weight excluding hydrogens is 343 g/mol. The summed E-state index contributed by atoms with van der Waals surface area (Å²) in [5.41, 5.74) is 3.88. The second-order valence-electron chi connectivity index (χ2n) is 6.06. The van der Waals surface area contributed by atoms with Gasteiger partial charge in [0.25, 0.3) is 0 Å². The SMILES string of the molecule is [B]N1CCc2cc3c(c(Br)c2CC1)N(CCOC)[C@@H](C)CO3. The van der Waals surface area contributed by atoms with E-state index in [-0.39, 0.29) is 0 Å². The molecule has 0 unspecified atom stereocenters. The molecule has 0 aromatic heterocycles. The van der Waals surface area contributed by atoms with Gasteiger partial charge in [-0.1, -0.05) is 0 Å². The summed E-state index contributed by atoms with van der Waals surface area (Å²) in [5.74, 6) is 0.977. The first-order valence-electron chi connectivity index (χ1n) is 7.84. The zero-order valence-corrected chi connectivity index (χ0v) is 14.9. The molecule has 0 saturated heterocycles. The van der Waals surface area contributed by atoms with Crippen LogP contribution < -0.4 is 9.64 Å². The number of anilines is 1. The van der Waals surface area contributed by atoms with Gasteiger partial charge in [0.1, 0.15) is 12.4 Å². The summed E-state index contributed by atoms with van der Waals surface area (Å²) in [7, 11) is 7.74. The quantitative estimate of drug-likeness (QED) is 0.767. The van der Waals surface area contributed by atoms with Gasteiger partial charge in [0.05, 0.1) is 18.3 Å². The third-order valence-electron chi connectivity index (χ3n) is 4.55. The maximum atomic E-state index is 6.00. The van der Waals surface area contributed by atoms with Crippen molar-refractivity contribution >= 4 is 29.6 Å². The highest BCUT2D eigenvalue weighted by atomic mass is 79.9. The van der Waals surface area contributed by atoms with Crippen molar-refractivity contribution in [1.82, 2.24) is 4.81 Å². The first-order chi connectivity index (χ1) is 10.6. The summed E-state index contributed by atoms with van der Waals surface area (Å²) in [4.78, 5) is 4.29. The highest BCUT2D eigenvalue weighted by Gasteiger charge is 2.29. The summed E-state index contributed by atoms with van der Waals surface area (Å²) in [6.45, 7) is 6.27. The van der Waals surface area contributed by atoms with Gasteiger partial charge in [0.15, 0.2) is 7.98 Å². The van der Waals surface area contributed by atoms with E-state index in [1.54, 1.807) is 7.11 Å². The molecule has 3 rings (SSSR count). The van der Waals surface area contributed by atoms with Crippen LogP contribution in [0.3, 0.4) is 0 Å². The predicted octanol–water partition coefficient (Wildman–Crippen LogP) is 2.17. The number of hydrogen-bond donors (Lipinski definition) is 0. The standard InChI is InChI=1S/C16H22BBrN2O2/c1-11-10-22-14-9-12-3-5-19(17)6-4-13(12)15(18)16(14)20(11)7-8-21-2/h9,11H,3-8,10H2,1-2H3/t11-/m0/s1. The van der Waals surface area contributed by atoms with Crippen molar-refractivity contribution in [2.75, 3.05) is 44.9 Å². The number of nitrogens with zero attached hydrogens (tertiary/aromatic N) is 2. The van der Waals surface area contributed by atoms with E-state index in [0.29, 0.717) is 19.3 Å². The second kappa shape index (κ2) is 6.81. The topological polar surface area (TPSA) is 24.9 Å². The zero-order valence-electron chi connectivity index (χ0n) is 13.3. The fourth-order valence-corrected chi connectivity index (χ4v) is 4.13. The average molecular weight is 365 g/mol. The molecule has 6 heteroatoms. The Morgan fingerprint density at radius 3 is 2.95 bits per heavy atom. The molecule has 22 heavy (non-hydrogen) atoms. The molecule has 4 nitrogen and oxygen atoms in total. The molecule has 2 radical (unpaired) electrons. The molecule has 1 aromatic carbocycles. The van der Waals surface area contributed by atoms with Gasteiger partial charge in [-0.2, -0.15) is 0 Å². The van der Waals surface area contributed by atoms with Crippen LogP contribution in [0.2, 0.25) is 0 Å². The minimum absolute atomic E-state index is 0.341. The summed E-state index contributed by atoms with van der Waals surface area (Å²) in [6.07, 6.45) is 1.93. The van der Waals surface area contributed by atoms with Crippen LogP contribution >= 0.6 is 15.9 Å². The molecule has 0 N–H and O–H groups in total. The maximum absolute atomic E-state index is 6.00. The van der Waals surface area contributed by atoms with Gasteiger partial charge in [0, 0.05) is 18.1 Å². The summed E-state index contributed by atoms with van der Waals surface area (Å²) in [5, 5.41) is 0. The van der Waals surface area contributed by atoms with Crippen LogP contribution in [0, 0.1) is 0 Å². The molecule has 2 heterocycles. The smallest absolute Gasteiger partial charge is 0.182 e. The van der Waals surface area contributed by atoms with Crippen LogP contribution in [-0.2, 0) is 17.6 Å². The third kappa shape index (κ3) is 3.01. The van der Waals surface area contributed by atoms with E-state index >= 15 is 0 Å². The minimum Gasteiger partial charge on any atom is -0.489 e. The molecular formula is C16H22BBrN2O2. The summed E-state index contributed by atoms with van der Waals surface area (Å²) < 4.78 is 12.4. The maximum Gasteiger partial charge on any atom is 0.182 e. The van der Waals surface area contributed by atoms with Crippen LogP contribution in [0.25, 0.3) is 0 Å². The van der Waals surface area contributed by atoms with Gasteiger partial charge < -0.3 is 19.2 Å². The minimum atomic E-state index is 0.341. The molecule has 118 valence electrons. The number of benzene rings is 1. The Balaban J connectivity index is 2.01. The number of hydrogen-bond acceptors (Lipinski definition) is 4. The lowest BCUT2D eigenvalue weighted by atomic mass is 9.99. The second-order valence-corrected chi connectivity index (χ2v) is 6.85. The number of ether oxygens (including phenoxy) is 2. The Hall–Kier alpha value is -0.715. The molecule has 0 fully saturated rings. The van der Waals surface area contributed by atoms with Gasteiger partial charge >= 0.3 is 0 Å². The number of methoxy groups -OCH3 is 1. The molecule has 2 aliphatic heterocycles. The monoisotopic (exact) mass is 364 g/mol. The van der Waals surface area contributed by atoms with Crippen molar-refractivity contribution in [2.45, 2.75) is 25.8 Å². The lowest BCUT2D eigenvalue weighted by Crippen LogP contribution is -2.43. The van der Waals surface area contributed by atoms with Crippen molar-refractivity contribution in [3.05, 3.63) is 21.7 Å². The van der Waals surface area contributed by atoms with Crippen molar-refractivity contribution in [1.29, 1.82) is 0 Å². The zero-order chi connectivity index (χ0) is 15.7. The van der Waals surface area contributed by atoms with Crippen LogP contribution in [0.4, 0.5) is 5.69 Å². The highest BCUT2D eigenvalue weighted by Crippen LogP contribution is 2.44. The van der Waals surface area contributed by atoms with Crippen LogP contribution in [0.1, 0.15) is 18.1 Å². The van der Waals surface area contributed by atoms with Gasteiger partial charge in [0.2, 0.25) is 0 Å².